The van der Waals surface area contributed by atoms with Crippen LogP contribution in [0.5, 0.6) is 0 Å². The average molecular weight is 978 g/mol. The first kappa shape index (κ1) is 51.9. The quantitative estimate of drug-likeness (QED) is 0.0994. The second kappa shape index (κ2) is 24.8. The van der Waals surface area contributed by atoms with Crippen LogP contribution in [0.1, 0.15) is 182 Å². The minimum absolute atomic E-state index is 0.0229. The number of amides is 2. The number of likely N-dealkylation sites (tertiary alicyclic amines) is 1. The van der Waals surface area contributed by atoms with Crippen LogP contribution in [-0.4, -0.2) is 48.6 Å². The molecule has 1 heterocycles. The third kappa shape index (κ3) is 13.0. The van der Waals surface area contributed by atoms with Crippen LogP contribution in [0.3, 0.4) is 0 Å². The predicted octanol–water partition coefficient (Wildman–Crippen LogP) is 15.7. The molecule has 1 saturated heterocycles. The van der Waals surface area contributed by atoms with E-state index in [1.54, 1.807) is 0 Å². The Labute approximate surface area is 429 Å². The summed E-state index contributed by atoms with van der Waals surface area (Å²) in [6.07, 6.45) is 19.0. The molecule has 2 amide bonds. The fourth-order valence-corrected chi connectivity index (χ4v) is 12.1. The molecule has 7 nitrogen and oxygen atoms in total. The number of halogens is 1. The molecule has 1 N–H and O–H groups in total. The summed E-state index contributed by atoms with van der Waals surface area (Å²) in [5.74, 6) is 0.0545. The zero-order chi connectivity index (χ0) is 49.6. The first-order valence-corrected chi connectivity index (χ1v) is 27.4. The number of ether oxygens (including phenoxy) is 2. The van der Waals surface area contributed by atoms with Gasteiger partial charge in [0.1, 0.15) is 12.6 Å². The molecular weight excluding hydrogens is 900 g/mol. The van der Waals surface area contributed by atoms with Crippen LogP contribution in [0.25, 0.3) is 11.1 Å². The van der Waals surface area contributed by atoms with Gasteiger partial charge in [-0.05, 0) is 83.2 Å². The number of piperidine rings is 1. The molecule has 1 aliphatic heterocycles. The van der Waals surface area contributed by atoms with Gasteiger partial charge >= 0.3 is 12.1 Å². The molecule has 71 heavy (non-hydrogen) atoms. The van der Waals surface area contributed by atoms with E-state index in [2.05, 4.69) is 74.6 Å². The molecule has 0 radical (unpaired) electrons. The second-order valence-corrected chi connectivity index (χ2v) is 22.1. The van der Waals surface area contributed by atoms with Crippen molar-refractivity contribution in [1.29, 1.82) is 0 Å². The largest absolute Gasteiger partial charge is 0.449 e. The van der Waals surface area contributed by atoms with Gasteiger partial charge in [-0.2, -0.15) is 0 Å². The summed E-state index contributed by atoms with van der Waals surface area (Å²) in [5.41, 5.74) is 6.69. The molecule has 8 rings (SSSR count). The Kier molecular flexibility index (Phi) is 18.2. The van der Waals surface area contributed by atoms with Crippen molar-refractivity contribution < 1.29 is 23.9 Å². The Balaban J connectivity index is 1.04. The average Bonchev–Trinajstić information content (AvgIpc) is 3.70. The number of esters is 1. The Morgan fingerprint density at radius 1 is 0.620 bits per heavy atom. The highest BCUT2D eigenvalue weighted by Crippen LogP contribution is 2.46. The number of hydrogen-bond donors (Lipinski definition) is 1. The van der Waals surface area contributed by atoms with Gasteiger partial charge in [0.15, 0.2) is 5.60 Å². The number of carbonyl (C=O) groups is 3. The number of nitrogens with one attached hydrogen (secondary N) is 1. The molecule has 3 aliphatic rings. The van der Waals surface area contributed by atoms with Crippen molar-refractivity contribution in [1.82, 2.24) is 10.2 Å². The maximum Gasteiger partial charge on any atom is 0.407 e. The lowest BCUT2D eigenvalue weighted by atomic mass is 9.75. The van der Waals surface area contributed by atoms with Crippen molar-refractivity contribution in [3.05, 3.63) is 166 Å². The monoisotopic (exact) mass is 977 g/mol. The highest BCUT2D eigenvalue weighted by molar-refractivity contribution is 6.31. The summed E-state index contributed by atoms with van der Waals surface area (Å²) in [7, 11) is 0. The lowest BCUT2D eigenvalue weighted by Gasteiger charge is -2.40. The van der Waals surface area contributed by atoms with E-state index in [1.165, 1.54) is 95.5 Å². The van der Waals surface area contributed by atoms with Crippen LogP contribution in [0, 0.1) is 11.3 Å². The van der Waals surface area contributed by atoms with Crippen LogP contribution < -0.4 is 5.32 Å². The molecule has 5 aromatic rings. The standard InChI is InChI=1S/C63H77ClN2O5/c1-62(2,3)48-41-43-66(44-42-48)60(68)58(65-61(69)70-45-55-53-31-21-19-29-51(53)52-30-20-22-32-54(52)55)39-40-59(67)71-63(49-27-17-14-18-28-49,56-33-23-24-34-57(56)64)50-37-35-47(36-38-50)46-25-15-12-10-8-6-4-5-7-9-11-13-16-26-46/h14,17-24,27-38,46,48,55,58H,4-13,15-16,25-26,39-45H2,1-3H3,(H,65,69)/t58-,63?/m0/s1. The number of carbonyl (C=O) groups excluding carboxylic acids is 3. The first-order chi connectivity index (χ1) is 34.5. The smallest absolute Gasteiger partial charge is 0.407 e. The zero-order valence-corrected chi connectivity index (χ0v) is 43.4. The van der Waals surface area contributed by atoms with E-state index in [-0.39, 0.29) is 36.7 Å². The summed E-state index contributed by atoms with van der Waals surface area (Å²) in [4.78, 5) is 45.1. The number of hydrogen-bond acceptors (Lipinski definition) is 5. The summed E-state index contributed by atoms with van der Waals surface area (Å²) >= 11 is 7.14. The number of nitrogens with zero attached hydrogens (tertiary/aromatic N) is 1. The van der Waals surface area contributed by atoms with Crippen LogP contribution in [0.2, 0.25) is 5.02 Å². The highest BCUT2D eigenvalue weighted by Gasteiger charge is 2.43. The van der Waals surface area contributed by atoms with Crippen molar-refractivity contribution in [3.8, 4) is 11.1 Å². The molecule has 8 heteroatoms. The van der Waals surface area contributed by atoms with E-state index in [0.717, 1.165) is 46.2 Å². The van der Waals surface area contributed by atoms with Gasteiger partial charge in [-0.15, -0.1) is 0 Å². The molecule has 0 bridgehead atoms. The second-order valence-electron chi connectivity index (χ2n) is 21.7. The number of alkyl carbamates (subject to hydrolysis) is 1. The van der Waals surface area contributed by atoms with E-state index < -0.39 is 23.7 Å². The molecular formula is C63H77ClN2O5. The van der Waals surface area contributed by atoms with Crippen LogP contribution >= 0.6 is 11.6 Å². The van der Waals surface area contributed by atoms with Gasteiger partial charge in [-0.1, -0.05) is 231 Å². The van der Waals surface area contributed by atoms with E-state index in [4.69, 9.17) is 21.1 Å². The SMILES string of the molecule is CC(C)(C)C1CCN(C(=O)[C@H](CCC(=O)OC(c2ccccc2)(c2ccc(C3CCCCCCCCCCCCCC3)cc2)c2ccccc2Cl)NC(=O)OCC2c3ccccc3-c3ccccc32)CC1. The van der Waals surface area contributed by atoms with Gasteiger partial charge in [0.05, 0.1) is 0 Å². The Morgan fingerprint density at radius 2 is 1.13 bits per heavy atom. The summed E-state index contributed by atoms with van der Waals surface area (Å²) in [6, 6.07) is 41.6. The van der Waals surface area contributed by atoms with E-state index in [0.29, 0.717) is 35.5 Å². The van der Waals surface area contributed by atoms with Gasteiger partial charge in [-0.3, -0.25) is 9.59 Å². The number of rotatable bonds is 12. The maximum atomic E-state index is 14.8. The molecule has 1 unspecified atom stereocenters. The van der Waals surface area contributed by atoms with E-state index >= 15 is 0 Å². The van der Waals surface area contributed by atoms with Gasteiger partial charge in [0.2, 0.25) is 5.91 Å². The third-order valence-corrected chi connectivity index (χ3v) is 16.3. The molecule has 5 aromatic carbocycles. The van der Waals surface area contributed by atoms with Crippen molar-refractivity contribution in [2.24, 2.45) is 11.3 Å². The van der Waals surface area contributed by atoms with Gasteiger partial charge < -0.3 is 19.7 Å². The summed E-state index contributed by atoms with van der Waals surface area (Å²) < 4.78 is 12.9. The predicted molar refractivity (Wildman–Crippen MR) is 288 cm³/mol. The molecule has 1 saturated carbocycles. The zero-order valence-electron chi connectivity index (χ0n) is 42.6. The molecule has 0 aromatic heterocycles. The van der Waals surface area contributed by atoms with Crippen molar-refractivity contribution in [2.75, 3.05) is 19.7 Å². The fraction of sp³-hybridized carbons (Fsp3) is 0.476. The van der Waals surface area contributed by atoms with Crippen molar-refractivity contribution in [3.63, 3.8) is 0 Å². The molecule has 2 fully saturated rings. The van der Waals surface area contributed by atoms with E-state index in [9.17, 15) is 14.4 Å². The fourth-order valence-electron chi connectivity index (χ4n) is 11.8. The van der Waals surface area contributed by atoms with Crippen LogP contribution in [-0.2, 0) is 24.7 Å². The summed E-state index contributed by atoms with van der Waals surface area (Å²) in [6.45, 7) is 8.01. The molecule has 2 atom stereocenters. The van der Waals surface area contributed by atoms with Crippen molar-refractivity contribution >= 4 is 29.6 Å². The lowest BCUT2D eigenvalue weighted by Crippen LogP contribution is -2.51. The molecule has 0 spiro atoms. The topological polar surface area (TPSA) is 84.9 Å². The Hall–Kier alpha value is -5.40. The highest BCUT2D eigenvalue weighted by atomic mass is 35.5. The van der Waals surface area contributed by atoms with E-state index in [1.807, 2.05) is 83.8 Å². The van der Waals surface area contributed by atoms with Gasteiger partial charge in [-0.25, -0.2) is 4.79 Å². The number of fused-ring (bicyclic) bond motifs is 3. The third-order valence-electron chi connectivity index (χ3n) is 15.9. The number of benzene rings is 5. The first-order valence-electron chi connectivity index (χ1n) is 27.1. The summed E-state index contributed by atoms with van der Waals surface area (Å²) in [5, 5.41) is 3.41. The minimum atomic E-state index is -1.41. The normalized spacial score (nSPS) is 18.2. The maximum absolute atomic E-state index is 14.8. The Bertz CT molecular complexity index is 2450. The van der Waals surface area contributed by atoms with Crippen molar-refractivity contribution in [2.45, 2.75) is 160 Å². The molecule has 376 valence electrons. The molecule has 2 aliphatic carbocycles. The lowest BCUT2D eigenvalue weighted by molar-refractivity contribution is -0.154. The Morgan fingerprint density at radius 3 is 1.69 bits per heavy atom. The minimum Gasteiger partial charge on any atom is -0.449 e. The van der Waals surface area contributed by atoms with Gasteiger partial charge in [0, 0.05) is 47.1 Å². The van der Waals surface area contributed by atoms with Gasteiger partial charge in [0.25, 0.3) is 0 Å². The van der Waals surface area contributed by atoms with Crippen LogP contribution in [0.4, 0.5) is 4.79 Å². The van der Waals surface area contributed by atoms with Crippen LogP contribution in [0.15, 0.2) is 127 Å².